The molecular formula is C25H30N6O4. The van der Waals surface area contributed by atoms with Gasteiger partial charge in [-0.05, 0) is 37.1 Å². The summed E-state index contributed by atoms with van der Waals surface area (Å²) >= 11 is 0. The number of nitrogens with one attached hydrogen (secondary N) is 2. The summed E-state index contributed by atoms with van der Waals surface area (Å²) < 4.78 is 5.78. The van der Waals surface area contributed by atoms with E-state index in [9.17, 15) is 14.7 Å². The highest BCUT2D eigenvalue weighted by molar-refractivity contribution is 6.43. The highest BCUT2D eigenvalue weighted by Gasteiger charge is 2.18. The molecule has 0 bridgehead atoms. The predicted molar refractivity (Wildman–Crippen MR) is 134 cm³/mol. The molecule has 0 aliphatic rings. The summed E-state index contributed by atoms with van der Waals surface area (Å²) in [6.45, 7) is 5.98. The van der Waals surface area contributed by atoms with E-state index in [4.69, 9.17) is 4.74 Å². The third-order valence-corrected chi connectivity index (χ3v) is 4.87. The molecule has 3 aromatic rings. The zero-order chi connectivity index (χ0) is 25.0. The second-order valence-electron chi connectivity index (χ2n) is 7.76. The lowest BCUT2D eigenvalue weighted by molar-refractivity contribution is -0.133. The Balaban J connectivity index is 1.75. The molecule has 3 rings (SSSR count). The quantitative estimate of drug-likeness (QED) is 0.358. The van der Waals surface area contributed by atoms with Crippen molar-refractivity contribution in [1.29, 1.82) is 0 Å². The zero-order valence-corrected chi connectivity index (χ0v) is 19.9. The van der Waals surface area contributed by atoms with E-state index >= 15 is 0 Å². The van der Waals surface area contributed by atoms with E-state index in [0.29, 0.717) is 24.5 Å². The molecule has 0 unspecified atom stereocenters. The number of hydrogen-bond acceptors (Lipinski definition) is 8. The number of hydrogen-bond donors (Lipinski definition) is 3. The summed E-state index contributed by atoms with van der Waals surface area (Å²) in [6.07, 6.45) is 4.10. The van der Waals surface area contributed by atoms with Crippen LogP contribution in [-0.2, 0) is 16.0 Å². The number of phenolic OH excluding ortho intramolecular Hbond substituents is 1. The van der Waals surface area contributed by atoms with Gasteiger partial charge in [0.2, 0.25) is 0 Å². The standard InChI is InChI=1S/C25H30N6O4/c1-3-13-31(14-4-2)22-17-21(28-24(34)23(33)27-19-9-7-10-20(32)16-19)29-25(30-22)35-15-11-18-8-5-6-12-26-18/h5-10,12,16-17,32H,3-4,11,13-15H2,1-2H3,(H,27,33)(H,28,29,30,34). The Bertz CT molecular complexity index is 1120. The molecular weight excluding hydrogens is 448 g/mol. The molecule has 184 valence electrons. The minimum atomic E-state index is -0.907. The minimum absolute atomic E-state index is 0.0249. The van der Waals surface area contributed by atoms with Gasteiger partial charge in [0, 0.05) is 49.2 Å². The summed E-state index contributed by atoms with van der Waals surface area (Å²) in [5.74, 6) is -1.08. The van der Waals surface area contributed by atoms with Crippen LogP contribution >= 0.6 is 0 Å². The van der Waals surface area contributed by atoms with E-state index in [2.05, 4.69) is 44.3 Å². The van der Waals surface area contributed by atoms with Crippen molar-refractivity contribution in [1.82, 2.24) is 15.0 Å². The van der Waals surface area contributed by atoms with Gasteiger partial charge in [0.05, 0.1) is 6.61 Å². The number of aromatic hydroxyl groups is 1. The van der Waals surface area contributed by atoms with Crippen molar-refractivity contribution in [3.8, 4) is 11.8 Å². The SMILES string of the molecule is CCCN(CCC)c1cc(NC(=O)C(=O)Nc2cccc(O)c2)nc(OCCc2ccccn2)n1. The molecule has 0 atom stereocenters. The van der Waals surface area contributed by atoms with E-state index in [1.54, 1.807) is 24.4 Å². The van der Waals surface area contributed by atoms with Crippen LogP contribution in [-0.4, -0.2) is 51.6 Å². The van der Waals surface area contributed by atoms with Gasteiger partial charge in [0.25, 0.3) is 0 Å². The second-order valence-corrected chi connectivity index (χ2v) is 7.76. The van der Waals surface area contributed by atoms with Gasteiger partial charge < -0.3 is 25.4 Å². The number of nitrogens with zero attached hydrogens (tertiary/aromatic N) is 4. The van der Waals surface area contributed by atoms with Crippen LogP contribution in [0.1, 0.15) is 32.4 Å². The topological polar surface area (TPSA) is 130 Å². The van der Waals surface area contributed by atoms with Crippen molar-refractivity contribution in [3.63, 3.8) is 0 Å². The fourth-order valence-electron chi connectivity index (χ4n) is 3.32. The number of benzene rings is 1. The first kappa shape index (κ1) is 25.4. The lowest BCUT2D eigenvalue weighted by atomic mass is 10.3. The maximum Gasteiger partial charge on any atom is 0.320 e. The van der Waals surface area contributed by atoms with Crippen molar-refractivity contribution >= 4 is 29.1 Å². The Morgan fingerprint density at radius 1 is 0.971 bits per heavy atom. The molecule has 10 heteroatoms. The maximum absolute atomic E-state index is 12.5. The number of ether oxygens (including phenoxy) is 1. The highest BCUT2D eigenvalue weighted by Crippen LogP contribution is 2.21. The number of rotatable bonds is 11. The predicted octanol–water partition coefficient (Wildman–Crippen LogP) is 3.40. The van der Waals surface area contributed by atoms with Gasteiger partial charge in [-0.1, -0.05) is 26.0 Å². The van der Waals surface area contributed by atoms with Crippen LogP contribution in [0, 0.1) is 0 Å². The van der Waals surface area contributed by atoms with E-state index in [1.165, 1.54) is 12.1 Å². The first-order valence-corrected chi connectivity index (χ1v) is 11.6. The lowest BCUT2D eigenvalue weighted by Gasteiger charge is -2.23. The lowest BCUT2D eigenvalue weighted by Crippen LogP contribution is -2.30. The van der Waals surface area contributed by atoms with Crippen molar-refractivity contribution < 1.29 is 19.4 Å². The molecule has 35 heavy (non-hydrogen) atoms. The van der Waals surface area contributed by atoms with Crippen molar-refractivity contribution in [2.24, 2.45) is 0 Å². The van der Waals surface area contributed by atoms with E-state index < -0.39 is 11.8 Å². The van der Waals surface area contributed by atoms with Crippen LogP contribution in [0.3, 0.4) is 0 Å². The highest BCUT2D eigenvalue weighted by atomic mass is 16.5. The first-order chi connectivity index (χ1) is 17.0. The molecule has 2 amide bonds. The zero-order valence-electron chi connectivity index (χ0n) is 19.9. The number of anilines is 3. The maximum atomic E-state index is 12.5. The molecule has 0 radical (unpaired) electrons. The molecule has 0 aliphatic carbocycles. The third kappa shape index (κ3) is 7.95. The summed E-state index contributed by atoms with van der Waals surface area (Å²) in [6, 6.07) is 13.3. The van der Waals surface area contributed by atoms with Crippen LogP contribution in [0.4, 0.5) is 17.3 Å². The number of pyridine rings is 1. The smallest absolute Gasteiger partial charge is 0.320 e. The summed E-state index contributed by atoms with van der Waals surface area (Å²) in [5.41, 5.74) is 1.17. The van der Waals surface area contributed by atoms with Gasteiger partial charge in [0.15, 0.2) is 0 Å². The summed E-state index contributed by atoms with van der Waals surface area (Å²) in [5, 5.41) is 14.5. The van der Waals surface area contributed by atoms with Gasteiger partial charge in [-0.3, -0.25) is 14.6 Å². The first-order valence-electron chi connectivity index (χ1n) is 11.6. The van der Waals surface area contributed by atoms with E-state index in [-0.39, 0.29) is 17.6 Å². The number of carbonyl (C=O) groups excluding carboxylic acids is 2. The van der Waals surface area contributed by atoms with Crippen LogP contribution in [0.5, 0.6) is 11.8 Å². The third-order valence-electron chi connectivity index (χ3n) is 4.87. The average Bonchev–Trinajstić information content (AvgIpc) is 2.84. The molecule has 0 spiro atoms. The van der Waals surface area contributed by atoms with Crippen LogP contribution < -0.4 is 20.3 Å². The molecule has 0 saturated carbocycles. The van der Waals surface area contributed by atoms with Crippen molar-refractivity contribution in [2.75, 3.05) is 35.2 Å². The summed E-state index contributed by atoms with van der Waals surface area (Å²) in [7, 11) is 0. The Hall–Kier alpha value is -4.21. The average molecular weight is 479 g/mol. The van der Waals surface area contributed by atoms with Crippen molar-refractivity contribution in [2.45, 2.75) is 33.1 Å². The van der Waals surface area contributed by atoms with Gasteiger partial charge >= 0.3 is 17.8 Å². The van der Waals surface area contributed by atoms with Gasteiger partial charge in [-0.2, -0.15) is 9.97 Å². The van der Waals surface area contributed by atoms with E-state index in [0.717, 1.165) is 31.6 Å². The van der Waals surface area contributed by atoms with Crippen molar-refractivity contribution in [3.05, 3.63) is 60.4 Å². The Labute approximate surface area is 204 Å². The molecule has 10 nitrogen and oxygen atoms in total. The number of amides is 2. The second kappa shape index (κ2) is 12.9. The van der Waals surface area contributed by atoms with Gasteiger partial charge in [-0.25, -0.2) is 0 Å². The van der Waals surface area contributed by atoms with Gasteiger partial charge in [-0.15, -0.1) is 0 Å². The molecule has 0 saturated heterocycles. The van der Waals surface area contributed by atoms with Gasteiger partial charge in [0.1, 0.15) is 17.4 Å². The Morgan fingerprint density at radius 2 is 1.74 bits per heavy atom. The molecule has 3 N–H and O–H groups in total. The Kier molecular flexibility index (Phi) is 9.35. The molecule has 0 aliphatic heterocycles. The Morgan fingerprint density at radius 3 is 2.43 bits per heavy atom. The fourth-order valence-corrected chi connectivity index (χ4v) is 3.32. The van der Waals surface area contributed by atoms with Crippen LogP contribution in [0.15, 0.2) is 54.7 Å². The number of phenols is 1. The van der Waals surface area contributed by atoms with Crippen LogP contribution in [0.2, 0.25) is 0 Å². The number of aromatic nitrogens is 3. The molecule has 2 aromatic heterocycles. The fraction of sp³-hybridized carbons (Fsp3) is 0.320. The molecule has 2 heterocycles. The summed E-state index contributed by atoms with van der Waals surface area (Å²) in [4.78, 5) is 40.1. The largest absolute Gasteiger partial charge is 0.508 e. The van der Waals surface area contributed by atoms with Crippen LogP contribution in [0.25, 0.3) is 0 Å². The normalized spacial score (nSPS) is 10.5. The monoisotopic (exact) mass is 478 g/mol. The molecule has 0 fully saturated rings. The minimum Gasteiger partial charge on any atom is -0.508 e. The molecule has 1 aromatic carbocycles. The number of carbonyl (C=O) groups is 2. The van der Waals surface area contributed by atoms with E-state index in [1.807, 2.05) is 18.2 Å².